The zero-order chi connectivity index (χ0) is 11.5. The Labute approximate surface area is 96.1 Å². The van der Waals surface area contributed by atoms with Gasteiger partial charge in [0.2, 0.25) is 0 Å². The Balaban J connectivity index is 1.99. The summed E-state index contributed by atoms with van der Waals surface area (Å²) in [6.45, 7) is 2.78. The topological polar surface area (TPSA) is 59.1 Å². The molecule has 1 aromatic carbocycles. The van der Waals surface area contributed by atoms with Crippen LogP contribution in [0.25, 0.3) is 0 Å². The van der Waals surface area contributed by atoms with Gasteiger partial charge in [-0.15, -0.1) is 0 Å². The maximum atomic E-state index is 7.38. The number of amidine groups is 1. The van der Waals surface area contributed by atoms with Gasteiger partial charge in [0.15, 0.2) is 0 Å². The zero-order valence-electron chi connectivity index (χ0n) is 9.62. The Morgan fingerprint density at radius 3 is 2.88 bits per heavy atom. The molecule has 0 aliphatic heterocycles. The highest BCUT2D eigenvalue weighted by Gasteiger charge is 2.20. The first kappa shape index (κ1) is 11.0. The Morgan fingerprint density at radius 1 is 1.50 bits per heavy atom. The lowest BCUT2D eigenvalue weighted by atomic mass is 10.1. The van der Waals surface area contributed by atoms with Crippen LogP contribution in [0.2, 0.25) is 0 Å². The maximum absolute atomic E-state index is 7.38. The number of nitrogen functional groups attached to an aromatic ring is 1. The van der Waals surface area contributed by atoms with Gasteiger partial charge < -0.3 is 10.5 Å². The van der Waals surface area contributed by atoms with Crippen molar-refractivity contribution in [3.8, 4) is 5.75 Å². The molecule has 1 aliphatic carbocycles. The van der Waals surface area contributed by atoms with E-state index < -0.39 is 0 Å². The average Bonchev–Trinajstić information content (AvgIpc) is 3.04. The molecule has 0 aromatic heterocycles. The van der Waals surface area contributed by atoms with Gasteiger partial charge in [-0.1, -0.05) is 25.0 Å². The molecule has 86 valence electrons. The van der Waals surface area contributed by atoms with Gasteiger partial charge in [-0.25, -0.2) is 0 Å². The molecular weight excluding hydrogens is 200 g/mol. The highest BCUT2D eigenvalue weighted by molar-refractivity contribution is 5.95. The summed E-state index contributed by atoms with van der Waals surface area (Å²) in [6, 6.07) is 5.65. The van der Waals surface area contributed by atoms with E-state index in [2.05, 4.69) is 0 Å². The van der Waals surface area contributed by atoms with Crippen LogP contribution in [-0.2, 0) is 0 Å². The molecule has 0 spiro atoms. The Kier molecular flexibility index (Phi) is 3.13. The summed E-state index contributed by atoms with van der Waals surface area (Å²) in [5, 5.41) is 7.38. The van der Waals surface area contributed by atoms with E-state index in [0.29, 0.717) is 0 Å². The highest BCUT2D eigenvalue weighted by atomic mass is 16.5. The average molecular weight is 218 g/mol. The molecule has 0 radical (unpaired) electrons. The molecule has 3 N–H and O–H groups in total. The van der Waals surface area contributed by atoms with E-state index in [0.717, 1.165) is 35.8 Å². The van der Waals surface area contributed by atoms with Gasteiger partial charge in [0.05, 0.1) is 6.61 Å². The van der Waals surface area contributed by atoms with E-state index in [1.165, 1.54) is 12.8 Å². The standard InChI is InChI=1S/C13H18N2O/c1-9-2-5-11(13(14)15)8-12(9)16-7-6-10-3-4-10/h2,5,8,10H,3-4,6-7H2,1H3,(H3,14,15). The predicted molar refractivity (Wildman–Crippen MR) is 65.0 cm³/mol. The van der Waals surface area contributed by atoms with Crippen molar-refractivity contribution in [3.05, 3.63) is 29.3 Å². The summed E-state index contributed by atoms with van der Waals surface area (Å²) in [5.41, 5.74) is 7.27. The minimum atomic E-state index is 0.0899. The van der Waals surface area contributed by atoms with Crippen molar-refractivity contribution in [2.24, 2.45) is 11.7 Å². The van der Waals surface area contributed by atoms with E-state index in [-0.39, 0.29) is 5.84 Å². The summed E-state index contributed by atoms with van der Waals surface area (Å²) in [7, 11) is 0. The molecule has 1 aromatic rings. The molecule has 0 saturated heterocycles. The third-order valence-corrected chi connectivity index (χ3v) is 2.98. The third kappa shape index (κ3) is 2.75. The molecular formula is C13H18N2O. The predicted octanol–water partition coefficient (Wildman–Crippen LogP) is 2.46. The van der Waals surface area contributed by atoms with Gasteiger partial charge in [0.25, 0.3) is 0 Å². The smallest absolute Gasteiger partial charge is 0.122 e. The summed E-state index contributed by atoms with van der Waals surface area (Å²) >= 11 is 0. The first-order valence-electron chi connectivity index (χ1n) is 5.74. The van der Waals surface area contributed by atoms with Crippen molar-refractivity contribution in [1.29, 1.82) is 5.41 Å². The van der Waals surface area contributed by atoms with Crippen LogP contribution in [0.15, 0.2) is 18.2 Å². The van der Waals surface area contributed by atoms with Crippen molar-refractivity contribution in [2.75, 3.05) is 6.61 Å². The largest absolute Gasteiger partial charge is 0.493 e. The second-order valence-corrected chi connectivity index (χ2v) is 4.47. The SMILES string of the molecule is Cc1ccc(C(=N)N)cc1OCCC1CC1. The fraction of sp³-hybridized carbons (Fsp3) is 0.462. The molecule has 1 aliphatic rings. The molecule has 0 amide bonds. The molecule has 16 heavy (non-hydrogen) atoms. The zero-order valence-corrected chi connectivity index (χ0v) is 9.62. The molecule has 0 heterocycles. The minimum absolute atomic E-state index is 0.0899. The molecule has 0 atom stereocenters. The van der Waals surface area contributed by atoms with Gasteiger partial charge in [0.1, 0.15) is 11.6 Å². The molecule has 2 rings (SSSR count). The van der Waals surface area contributed by atoms with E-state index in [4.69, 9.17) is 15.9 Å². The number of nitrogens with two attached hydrogens (primary N) is 1. The number of aryl methyl sites for hydroxylation is 1. The van der Waals surface area contributed by atoms with E-state index in [9.17, 15) is 0 Å². The molecule has 1 fully saturated rings. The van der Waals surface area contributed by atoms with Gasteiger partial charge >= 0.3 is 0 Å². The van der Waals surface area contributed by atoms with Crippen LogP contribution in [-0.4, -0.2) is 12.4 Å². The highest BCUT2D eigenvalue weighted by Crippen LogP contribution is 2.32. The molecule has 0 bridgehead atoms. The number of hydrogen-bond acceptors (Lipinski definition) is 2. The Bertz CT molecular complexity index is 397. The fourth-order valence-corrected chi connectivity index (χ4v) is 1.67. The van der Waals surface area contributed by atoms with Crippen LogP contribution < -0.4 is 10.5 Å². The molecule has 1 saturated carbocycles. The second kappa shape index (κ2) is 4.56. The lowest BCUT2D eigenvalue weighted by molar-refractivity contribution is 0.300. The summed E-state index contributed by atoms with van der Waals surface area (Å²) in [4.78, 5) is 0. The van der Waals surface area contributed by atoms with Gasteiger partial charge in [-0.05, 0) is 30.9 Å². The third-order valence-electron chi connectivity index (χ3n) is 2.98. The second-order valence-electron chi connectivity index (χ2n) is 4.47. The monoisotopic (exact) mass is 218 g/mol. The van der Waals surface area contributed by atoms with E-state index >= 15 is 0 Å². The van der Waals surface area contributed by atoms with Crippen LogP contribution in [0.1, 0.15) is 30.4 Å². The van der Waals surface area contributed by atoms with Crippen molar-refractivity contribution >= 4 is 5.84 Å². The lowest BCUT2D eigenvalue weighted by Crippen LogP contribution is -2.11. The van der Waals surface area contributed by atoms with E-state index in [1.807, 2.05) is 25.1 Å². The lowest BCUT2D eigenvalue weighted by Gasteiger charge is -2.10. The van der Waals surface area contributed by atoms with Crippen LogP contribution >= 0.6 is 0 Å². The number of benzene rings is 1. The van der Waals surface area contributed by atoms with Gasteiger partial charge in [-0.3, -0.25) is 5.41 Å². The van der Waals surface area contributed by atoms with Crippen LogP contribution in [0, 0.1) is 18.3 Å². The van der Waals surface area contributed by atoms with Crippen molar-refractivity contribution in [1.82, 2.24) is 0 Å². The summed E-state index contributed by atoms with van der Waals surface area (Å²) in [5.74, 6) is 1.83. The Hall–Kier alpha value is -1.51. The van der Waals surface area contributed by atoms with Crippen molar-refractivity contribution in [3.63, 3.8) is 0 Å². The maximum Gasteiger partial charge on any atom is 0.122 e. The van der Waals surface area contributed by atoms with Gasteiger partial charge in [-0.2, -0.15) is 0 Å². The Morgan fingerprint density at radius 2 is 2.25 bits per heavy atom. The summed E-state index contributed by atoms with van der Waals surface area (Å²) in [6.07, 6.45) is 3.86. The molecule has 3 nitrogen and oxygen atoms in total. The molecule has 3 heteroatoms. The minimum Gasteiger partial charge on any atom is -0.493 e. The van der Waals surface area contributed by atoms with Crippen LogP contribution in [0.3, 0.4) is 0 Å². The number of nitrogens with one attached hydrogen (secondary N) is 1. The van der Waals surface area contributed by atoms with Crippen molar-refractivity contribution < 1.29 is 4.74 Å². The number of hydrogen-bond donors (Lipinski definition) is 2. The van der Waals surface area contributed by atoms with E-state index in [1.54, 1.807) is 0 Å². The molecule has 0 unspecified atom stereocenters. The normalized spacial score (nSPS) is 14.8. The van der Waals surface area contributed by atoms with Gasteiger partial charge in [0, 0.05) is 5.56 Å². The van der Waals surface area contributed by atoms with Crippen LogP contribution in [0.4, 0.5) is 0 Å². The first-order chi connectivity index (χ1) is 7.66. The first-order valence-corrected chi connectivity index (χ1v) is 5.74. The van der Waals surface area contributed by atoms with Crippen LogP contribution in [0.5, 0.6) is 5.75 Å². The fourth-order valence-electron chi connectivity index (χ4n) is 1.67. The summed E-state index contributed by atoms with van der Waals surface area (Å²) < 4.78 is 5.73. The quantitative estimate of drug-likeness (QED) is 0.589. The number of rotatable bonds is 5. The van der Waals surface area contributed by atoms with Crippen molar-refractivity contribution in [2.45, 2.75) is 26.2 Å². The number of ether oxygens (including phenoxy) is 1.